The molecule has 0 atom stereocenters. The summed E-state index contributed by atoms with van der Waals surface area (Å²) in [5.41, 5.74) is 26.1. The Bertz CT molecular complexity index is 2920. The molecule has 0 bridgehead atoms. The van der Waals surface area contributed by atoms with Crippen LogP contribution in [0.3, 0.4) is 0 Å². The molecule has 0 saturated heterocycles. The fourth-order valence-corrected chi connectivity index (χ4v) is 10.8. The lowest BCUT2D eigenvalue weighted by Crippen LogP contribution is -2.57. The zero-order valence-electron chi connectivity index (χ0n) is 31.7. The molecule has 0 amide bonds. The average molecular weight is 733 g/mol. The number of para-hydroxylation sites is 4. The van der Waals surface area contributed by atoms with Gasteiger partial charge in [-0.1, -0.05) is 158 Å². The average Bonchev–Trinajstić information content (AvgIpc) is 3.81. The van der Waals surface area contributed by atoms with E-state index >= 15 is 0 Å². The molecule has 0 radical (unpaired) electrons. The van der Waals surface area contributed by atoms with Crippen molar-refractivity contribution in [2.75, 3.05) is 9.62 Å². The van der Waals surface area contributed by atoms with Crippen molar-refractivity contribution in [2.24, 2.45) is 0 Å². The van der Waals surface area contributed by atoms with Gasteiger partial charge in [0.2, 0.25) is 0 Å². The van der Waals surface area contributed by atoms with Gasteiger partial charge in [-0.3, -0.25) is 0 Å². The highest BCUT2D eigenvalue weighted by molar-refractivity contribution is 6.98. The van der Waals surface area contributed by atoms with Gasteiger partial charge in [0, 0.05) is 33.9 Å². The predicted molar refractivity (Wildman–Crippen MR) is 246 cm³/mol. The minimum absolute atomic E-state index is 0.0113. The highest BCUT2D eigenvalue weighted by atomic mass is 15.1. The number of anilines is 4. The third kappa shape index (κ3) is 4.29. The zero-order valence-corrected chi connectivity index (χ0v) is 31.7. The molecule has 4 aliphatic heterocycles. The van der Waals surface area contributed by atoms with E-state index in [-0.39, 0.29) is 13.7 Å². The van der Waals surface area contributed by atoms with E-state index in [1.165, 1.54) is 111 Å². The summed E-state index contributed by atoms with van der Waals surface area (Å²) in [5, 5.41) is 0. The van der Waals surface area contributed by atoms with Gasteiger partial charge in [0.05, 0.1) is 0 Å². The van der Waals surface area contributed by atoms with Gasteiger partial charge in [-0.15, -0.1) is 0 Å². The Labute approximate surface area is 339 Å². The largest absolute Gasteiger partial charge is 0.376 e. The van der Waals surface area contributed by atoms with Gasteiger partial charge in [0.1, 0.15) is 0 Å². The molecule has 13 rings (SSSR count). The molecular formula is C54H34B2N2. The number of benzene rings is 9. The van der Waals surface area contributed by atoms with E-state index in [0.29, 0.717) is 0 Å². The summed E-state index contributed by atoms with van der Waals surface area (Å²) >= 11 is 0. The topological polar surface area (TPSA) is 6.48 Å². The number of fused-ring (bicyclic) bond motifs is 12. The molecule has 0 spiro atoms. The zero-order chi connectivity index (χ0) is 37.9. The second-order valence-electron chi connectivity index (χ2n) is 15.9. The summed E-state index contributed by atoms with van der Waals surface area (Å²) in [4.78, 5) is 5.24. The lowest BCUT2D eigenvalue weighted by Gasteiger charge is -2.42. The first kappa shape index (κ1) is 31.9. The van der Waals surface area contributed by atoms with Crippen LogP contribution in [-0.4, -0.2) is 13.7 Å². The van der Waals surface area contributed by atoms with Crippen molar-refractivity contribution in [3.8, 4) is 66.8 Å². The van der Waals surface area contributed by atoms with Crippen molar-refractivity contribution in [1.82, 2.24) is 0 Å². The Morgan fingerprint density at radius 1 is 0.276 bits per heavy atom. The highest BCUT2D eigenvalue weighted by Gasteiger charge is 2.53. The monoisotopic (exact) mass is 732 g/mol. The molecule has 2 nitrogen and oxygen atoms in total. The summed E-state index contributed by atoms with van der Waals surface area (Å²) in [7, 11) is 0. The SMILES string of the molecule is c1ccc(-c2ccc3c(c2)-c2c4c(c5c6c2-c2cc(-c7ccccc7)ccc2B6N(c2ccccc2)c2ccccc2-5)-c2ccccc2N(c2ccccc2)B34)cc1. The molecule has 4 heteroatoms. The van der Waals surface area contributed by atoms with E-state index < -0.39 is 0 Å². The molecule has 0 aliphatic carbocycles. The maximum Gasteiger partial charge on any atom is 0.330 e. The molecule has 0 fully saturated rings. The first-order valence-electron chi connectivity index (χ1n) is 20.3. The summed E-state index contributed by atoms with van der Waals surface area (Å²) in [6.07, 6.45) is 0. The van der Waals surface area contributed by atoms with Crippen LogP contribution in [0.1, 0.15) is 0 Å². The highest BCUT2D eigenvalue weighted by Crippen LogP contribution is 2.54. The van der Waals surface area contributed by atoms with Crippen molar-refractivity contribution in [2.45, 2.75) is 0 Å². The quantitative estimate of drug-likeness (QED) is 0.166. The van der Waals surface area contributed by atoms with E-state index in [2.05, 4.69) is 216 Å². The first-order valence-corrected chi connectivity index (χ1v) is 20.3. The van der Waals surface area contributed by atoms with E-state index in [1.807, 2.05) is 0 Å². The molecular weight excluding hydrogens is 698 g/mol. The molecule has 4 heterocycles. The van der Waals surface area contributed by atoms with Crippen LogP contribution in [0.5, 0.6) is 0 Å². The van der Waals surface area contributed by atoms with Gasteiger partial charge in [0.15, 0.2) is 0 Å². The van der Waals surface area contributed by atoms with Gasteiger partial charge in [-0.25, -0.2) is 0 Å². The summed E-state index contributed by atoms with van der Waals surface area (Å²) in [6, 6.07) is 76.7. The van der Waals surface area contributed by atoms with Crippen LogP contribution >= 0.6 is 0 Å². The maximum atomic E-state index is 2.62. The maximum absolute atomic E-state index is 2.62. The second-order valence-corrected chi connectivity index (χ2v) is 15.9. The van der Waals surface area contributed by atoms with Crippen LogP contribution in [0.4, 0.5) is 22.7 Å². The Kier molecular flexibility index (Phi) is 6.65. The van der Waals surface area contributed by atoms with E-state index in [4.69, 9.17) is 0 Å². The molecule has 58 heavy (non-hydrogen) atoms. The van der Waals surface area contributed by atoms with Crippen LogP contribution in [0.15, 0.2) is 206 Å². The first-order chi connectivity index (χ1) is 28.8. The predicted octanol–water partition coefficient (Wildman–Crippen LogP) is 10.8. The van der Waals surface area contributed by atoms with E-state index in [1.54, 1.807) is 0 Å². The van der Waals surface area contributed by atoms with Crippen LogP contribution in [0.2, 0.25) is 0 Å². The second kappa shape index (κ2) is 12.1. The van der Waals surface area contributed by atoms with Crippen LogP contribution in [0, 0.1) is 0 Å². The van der Waals surface area contributed by atoms with Gasteiger partial charge in [-0.2, -0.15) is 0 Å². The molecule has 9 aromatic carbocycles. The van der Waals surface area contributed by atoms with Crippen molar-refractivity contribution in [3.05, 3.63) is 206 Å². The van der Waals surface area contributed by atoms with Crippen LogP contribution in [0.25, 0.3) is 66.8 Å². The lowest BCUT2D eigenvalue weighted by molar-refractivity contribution is 1.36. The number of hydrogen-bond acceptors (Lipinski definition) is 2. The van der Waals surface area contributed by atoms with Gasteiger partial charge in [-0.05, 0) is 126 Å². The Morgan fingerprint density at radius 3 is 1.03 bits per heavy atom. The minimum atomic E-state index is -0.0113. The molecule has 4 aliphatic rings. The third-order valence-electron chi connectivity index (χ3n) is 13.0. The molecule has 0 aromatic heterocycles. The normalized spacial score (nSPS) is 13.4. The Balaban J connectivity index is 1.22. The van der Waals surface area contributed by atoms with Gasteiger partial charge >= 0.3 is 13.7 Å². The number of hydrogen-bond donors (Lipinski definition) is 0. The van der Waals surface area contributed by atoms with Gasteiger partial charge < -0.3 is 9.62 Å². The lowest BCUT2D eigenvalue weighted by atomic mass is 9.44. The van der Waals surface area contributed by atoms with Crippen molar-refractivity contribution >= 4 is 58.3 Å². The van der Waals surface area contributed by atoms with Gasteiger partial charge in [0.25, 0.3) is 0 Å². The molecule has 9 aromatic rings. The molecule has 0 N–H and O–H groups in total. The fraction of sp³-hybridized carbons (Fsp3) is 0. The number of rotatable bonds is 4. The summed E-state index contributed by atoms with van der Waals surface area (Å²) < 4.78 is 0. The Hall–Kier alpha value is -7.29. The minimum Gasteiger partial charge on any atom is -0.376 e. The molecule has 0 unspecified atom stereocenters. The summed E-state index contributed by atoms with van der Waals surface area (Å²) in [5.74, 6) is 0. The fourth-order valence-electron chi connectivity index (χ4n) is 10.8. The van der Waals surface area contributed by atoms with E-state index in [0.717, 1.165) is 0 Å². The van der Waals surface area contributed by atoms with Crippen LogP contribution in [-0.2, 0) is 0 Å². The number of nitrogens with zero attached hydrogens (tertiary/aromatic N) is 2. The van der Waals surface area contributed by atoms with E-state index in [9.17, 15) is 0 Å². The van der Waals surface area contributed by atoms with Crippen LogP contribution < -0.4 is 31.5 Å². The van der Waals surface area contributed by atoms with Crippen molar-refractivity contribution in [3.63, 3.8) is 0 Å². The van der Waals surface area contributed by atoms with Crippen molar-refractivity contribution in [1.29, 1.82) is 0 Å². The standard InChI is InChI=1S/C54H34B2N2/c1-5-17-35(18-6-1)37-29-31-45-43(33-37)51-52-44-34-38(36-19-7-2-8-20-36)30-32-46(44)56-54(52)50(42-26-14-16-28-48(42)58(56)40-23-11-4-12-24-40)49-41-25-13-15-27-47(41)57(55(45)53(49)51)39-21-9-3-10-22-39/h1-34H. The van der Waals surface area contributed by atoms with Crippen molar-refractivity contribution < 1.29 is 0 Å². The summed E-state index contributed by atoms with van der Waals surface area (Å²) in [6.45, 7) is -0.0226. The molecule has 266 valence electrons. The third-order valence-corrected chi connectivity index (χ3v) is 13.0. The smallest absolute Gasteiger partial charge is 0.330 e. The Morgan fingerprint density at radius 2 is 0.621 bits per heavy atom. The molecule has 0 saturated carbocycles.